The molecule has 1 aromatic carbocycles. The molecule has 1 aliphatic rings. The fourth-order valence-corrected chi connectivity index (χ4v) is 3.17. The normalized spacial score (nSPS) is 15.3. The van der Waals surface area contributed by atoms with Crippen molar-refractivity contribution in [3.8, 4) is 0 Å². The highest BCUT2D eigenvalue weighted by Gasteiger charge is 2.32. The van der Waals surface area contributed by atoms with Gasteiger partial charge in [-0.25, -0.2) is 9.78 Å². The Morgan fingerprint density at radius 3 is 2.70 bits per heavy atom. The summed E-state index contributed by atoms with van der Waals surface area (Å²) in [5.74, 6) is -1.25. The molecule has 0 bridgehead atoms. The Morgan fingerprint density at radius 2 is 2.00 bits per heavy atom. The predicted octanol–water partition coefficient (Wildman–Crippen LogP) is 1.18. The molecule has 2 aromatic rings. The summed E-state index contributed by atoms with van der Waals surface area (Å²) in [6.07, 6.45) is 0.657. The molecule has 27 heavy (non-hydrogen) atoms. The number of benzene rings is 1. The van der Waals surface area contributed by atoms with Crippen LogP contribution in [-0.2, 0) is 16.1 Å². The van der Waals surface area contributed by atoms with Gasteiger partial charge in [0.25, 0.3) is 0 Å². The smallest absolute Gasteiger partial charge is 0.324 e. The van der Waals surface area contributed by atoms with Crippen LogP contribution < -0.4 is 15.5 Å². The number of urea groups is 1. The van der Waals surface area contributed by atoms with Gasteiger partial charge in [-0.1, -0.05) is 32.4 Å². The number of nitrogens with zero attached hydrogens (tertiary/aromatic N) is 3. The van der Waals surface area contributed by atoms with E-state index in [2.05, 4.69) is 15.6 Å². The predicted molar refractivity (Wildman–Crippen MR) is 99.5 cm³/mol. The SMILES string of the molecule is CCC(C)C(NC(=O)N1CCn2c1nc1ccccc12)C(=O)NCC(=O)O. The molecule has 1 aromatic heterocycles. The molecule has 0 spiro atoms. The number of imidazole rings is 1. The zero-order valence-electron chi connectivity index (χ0n) is 15.3. The fourth-order valence-electron chi connectivity index (χ4n) is 3.17. The lowest BCUT2D eigenvalue weighted by Crippen LogP contribution is -2.54. The highest BCUT2D eigenvalue weighted by Crippen LogP contribution is 2.27. The number of hydrogen-bond donors (Lipinski definition) is 3. The molecule has 2 unspecified atom stereocenters. The zero-order chi connectivity index (χ0) is 19.6. The lowest BCUT2D eigenvalue weighted by Gasteiger charge is -2.25. The summed E-state index contributed by atoms with van der Waals surface area (Å²) >= 11 is 0. The number of carbonyl (C=O) groups excluding carboxylic acids is 2. The third-order valence-electron chi connectivity index (χ3n) is 4.86. The van der Waals surface area contributed by atoms with Crippen molar-refractivity contribution in [2.24, 2.45) is 5.92 Å². The first-order valence-electron chi connectivity index (χ1n) is 8.95. The van der Waals surface area contributed by atoms with Crippen LogP contribution in [0.3, 0.4) is 0 Å². The van der Waals surface area contributed by atoms with Gasteiger partial charge < -0.3 is 20.3 Å². The molecule has 2 heterocycles. The number of aromatic nitrogens is 2. The molecule has 0 aliphatic carbocycles. The molecular formula is C18H23N5O4. The van der Waals surface area contributed by atoms with Gasteiger partial charge in [0, 0.05) is 13.1 Å². The lowest BCUT2D eigenvalue weighted by molar-refractivity contribution is -0.138. The van der Waals surface area contributed by atoms with Gasteiger partial charge in [-0.2, -0.15) is 0 Å². The minimum absolute atomic E-state index is 0.149. The van der Waals surface area contributed by atoms with Crippen LogP contribution in [0.1, 0.15) is 20.3 Å². The van der Waals surface area contributed by atoms with E-state index in [-0.39, 0.29) is 5.92 Å². The highest BCUT2D eigenvalue weighted by molar-refractivity contribution is 5.97. The Balaban J connectivity index is 1.77. The van der Waals surface area contributed by atoms with Crippen LogP contribution >= 0.6 is 0 Å². The Kier molecular flexibility index (Phi) is 5.29. The highest BCUT2D eigenvalue weighted by atomic mass is 16.4. The molecule has 0 saturated carbocycles. The van der Waals surface area contributed by atoms with Gasteiger partial charge in [0.05, 0.1) is 11.0 Å². The van der Waals surface area contributed by atoms with Gasteiger partial charge in [-0.15, -0.1) is 0 Å². The summed E-state index contributed by atoms with van der Waals surface area (Å²) in [5.41, 5.74) is 1.77. The van der Waals surface area contributed by atoms with Crippen LogP contribution in [0, 0.1) is 5.92 Å². The van der Waals surface area contributed by atoms with Crippen molar-refractivity contribution in [3.05, 3.63) is 24.3 Å². The molecule has 144 valence electrons. The molecule has 1 aliphatic heterocycles. The number of para-hydroxylation sites is 2. The number of carbonyl (C=O) groups is 3. The minimum Gasteiger partial charge on any atom is -0.480 e. The van der Waals surface area contributed by atoms with Crippen molar-refractivity contribution < 1.29 is 19.5 Å². The molecular weight excluding hydrogens is 350 g/mol. The maximum absolute atomic E-state index is 12.8. The summed E-state index contributed by atoms with van der Waals surface area (Å²) in [6.45, 7) is 4.35. The standard InChI is InChI=1S/C18H23N5O4/c1-3-11(2)15(16(26)19-10-14(24)25)21-18(27)23-9-8-22-13-7-5-4-6-12(13)20-17(22)23/h4-7,11,15H,3,8-10H2,1-2H3,(H,19,26)(H,21,27)(H,24,25). The van der Waals surface area contributed by atoms with E-state index in [0.29, 0.717) is 25.5 Å². The van der Waals surface area contributed by atoms with Crippen LogP contribution in [-0.4, -0.2) is 51.7 Å². The van der Waals surface area contributed by atoms with Crippen LogP contribution in [0.15, 0.2) is 24.3 Å². The lowest BCUT2D eigenvalue weighted by atomic mass is 9.98. The third kappa shape index (κ3) is 3.71. The second-order valence-electron chi connectivity index (χ2n) is 6.63. The summed E-state index contributed by atoms with van der Waals surface area (Å²) in [5, 5.41) is 13.8. The maximum Gasteiger partial charge on any atom is 0.324 e. The van der Waals surface area contributed by atoms with Crippen LogP contribution in [0.4, 0.5) is 10.7 Å². The van der Waals surface area contributed by atoms with Crippen molar-refractivity contribution in [2.45, 2.75) is 32.9 Å². The van der Waals surface area contributed by atoms with Crippen LogP contribution in [0.2, 0.25) is 0 Å². The molecule has 2 atom stereocenters. The fraction of sp³-hybridized carbons (Fsp3) is 0.444. The van der Waals surface area contributed by atoms with Gasteiger partial charge in [0.15, 0.2) is 0 Å². The van der Waals surface area contributed by atoms with Crippen LogP contribution in [0.5, 0.6) is 0 Å². The molecule has 9 nitrogen and oxygen atoms in total. The molecule has 3 rings (SSSR count). The second-order valence-corrected chi connectivity index (χ2v) is 6.63. The van der Waals surface area contributed by atoms with Gasteiger partial charge in [-0.3, -0.25) is 14.5 Å². The van der Waals surface area contributed by atoms with E-state index in [1.807, 2.05) is 42.7 Å². The van der Waals surface area contributed by atoms with Crippen molar-refractivity contribution >= 4 is 34.9 Å². The third-order valence-corrected chi connectivity index (χ3v) is 4.86. The number of amides is 3. The summed E-state index contributed by atoms with van der Waals surface area (Å²) < 4.78 is 1.97. The monoisotopic (exact) mass is 373 g/mol. The minimum atomic E-state index is -1.13. The zero-order valence-corrected chi connectivity index (χ0v) is 15.3. The quantitative estimate of drug-likeness (QED) is 0.703. The van der Waals surface area contributed by atoms with E-state index in [0.717, 1.165) is 11.0 Å². The summed E-state index contributed by atoms with van der Waals surface area (Å²) in [4.78, 5) is 41.9. The number of carboxylic acid groups (broad SMARTS) is 1. The second kappa shape index (κ2) is 7.65. The molecule has 0 saturated heterocycles. The van der Waals surface area contributed by atoms with Gasteiger partial charge in [0.1, 0.15) is 12.6 Å². The molecule has 3 N–H and O–H groups in total. The number of fused-ring (bicyclic) bond motifs is 3. The van der Waals surface area contributed by atoms with E-state index in [1.54, 1.807) is 0 Å². The summed E-state index contributed by atoms with van der Waals surface area (Å²) in [6, 6.07) is 6.42. The summed E-state index contributed by atoms with van der Waals surface area (Å²) in [7, 11) is 0. The Hall–Kier alpha value is -3.10. The van der Waals surface area contributed by atoms with E-state index < -0.39 is 30.5 Å². The number of carboxylic acids is 1. The van der Waals surface area contributed by atoms with E-state index in [9.17, 15) is 14.4 Å². The molecule has 9 heteroatoms. The first kappa shape index (κ1) is 18.7. The van der Waals surface area contributed by atoms with Crippen molar-refractivity contribution in [1.82, 2.24) is 20.2 Å². The van der Waals surface area contributed by atoms with Crippen LogP contribution in [0.25, 0.3) is 11.0 Å². The Morgan fingerprint density at radius 1 is 1.26 bits per heavy atom. The van der Waals surface area contributed by atoms with Gasteiger partial charge in [0.2, 0.25) is 11.9 Å². The number of aliphatic carboxylic acids is 1. The molecule has 0 radical (unpaired) electrons. The number of rotatable bonds is 6. The molecule has 3 amide bonds. The topological polar surface area (TPSA) is 117 Å². The maximum atomic E-state index is 12.8. The average molecular weight is 373 g/mol. The number of nitrogens with one attached hydrogen (secondary N) is 2. The van der Waals surface area contributed by atoms with E-state index in [1.165, 1.54) is 4.90 Å². The molecule has 0 fully saturated rings. The van der Waals surface area contributed by atoms with E-state index >= 15 is 0 Å². The first-order chi connectivity index (χ1) is 12.9. The number of anilines is 1. The van der Waals surface area contributed by atoms with Gasteiger partial charge >= 0.3 is 12.0 Å². The van der Waals surface area contributed by atoms with Crippen molar-refractivity contribution in [1.29, 1.82) is 0 Å². The average Bonchev–Trinajstić information content (AvgIpc) is 3.22. The Labute approximate surface area is 156 Å². The Bertz CT molecular complexity index is 878. The first-order valence-corrected chi connectivity index (χ1v) is 8.95. The van der Waals surface area contributed by atoms with Crippen molar-refractivity contribution in [3.63, 3.8) is 0 Å². The number of hydrogen-bond acceptors (Lipinski definition) is 4. The van der Waals surface area contributed by atoms with Gasteiger partial charge in [-0.05, 0) is 18.1 Å². The van der Waals surface area contributed by atoms with E-state index in [4.69, 9.17) is 5.11 Å². The largest absolute Gasteiger partial charge is 0.480 e. The van der Waals surface area contributed by atoms with Crippen molar-refractivity contribution in [2.75, 3.05) is 18.0 Å².